The Kier molecular flexibility index (Phi) is 7.74. The van der Waals surface area contributed by atoms with Crippen LogP contribution < -0.4 is 0 Å². The van der Waals surface area contributed by atoms with Crippen molar-refractivity contribution in [2.45, 2.75) is 13.3 Å². The fourth-order valence-corrected chi connectivity index (χ4v) is 5.47. The van der Waals surface area contributed by atoms with Crippen LogP contribution in [-0.4, -0.2) is 0 Å². The molecule has 0 bridgehead atoms. The summed E-state index contributed by atoms with van der Waals surface area (Å²) >= 11 is 0. The summed E-state index contributed by atoms with van der Waals surface area (Å²) in [6.45, 7) is 2.32. The molecule has 0 amide bonds. The molecule has 1 atom stereocenters. The van der Waals surface area contributed by atoms with Gasteiger partial charge in [0.15, 0.2) is 0 Å². The van der Waals surface area contributed by atoms with E-state index in [1.54, 1.807) is 0 Å². The molecule has 41 heavy (non-hydrogen) atoms. The molecule has 5 aromatic rings. The van der Waals surface area contributed by atoms with Crippen LogP contribution in [0.5, 0.6) is 0 Å². The van der Waals surface area contributed by atoms with Crippen molar-refractivity contribution in [1.82, 2.24) is 0 Å². The van der Waals surface area contributed by atoms with Crippen LogP contribution in [0.25, 0.3) is 22.8 Å². The molecule has 0 aromatic heterocycles. The zero-order valence-electron chi connectivity index (χ0n) is 23.5. The highest BCUT2D eigenvalue weighted by atomic mass is 14.3. The van der Waals surface area contributed by atoms with E-state index in [9.17, 15) is 0 Å². The van der Waals surface area contributed by atoms with Gasteiger partial charge >= 0.3 is 0 Å². The van der Waals surface area contributed by atoms with E-state index in [-0.39, 0.29) is 5.41 Å². The van der Waals surface area contributed by atoms with Crippen molar-refractivity contribution in [3.05, 3.63) is 203 Å². The van der Waals surface area contributed by atoms with E-state index in [0.717, 1.165) is 6.42 Å². The van der Waals surface area contributed by atoms with Crippen molar-refractivity contribution in [2.75, 3.05) is 0 Å². The highest BCUT2D eigenvalue weighted by Crippen LogP contribution is 2.38. The van der Waals surface area contributed by atoms with Gasteiger partial charge in [-0.05, 0) is 62.6 Å². The largest absolute Gasteiger partial charge is 0.0755 e. The summed E-state index contributed by atoms with van der Waals surface area (Å²) in [6, 6.07) is 51.6. The minimum Gasteiger partial charge on any atom is -0.0755 e. The number of allylic oxidation sites excluding steroid dienone is 5. The summed E-state index contributed by atoms with van der Waals surface area (Å²) in [7, 11) is 0. The lowest BCUT2D eigenvalue weighted by molar-refractivity contribution is 0.559. The molecule has 0 saturated carbocycles. The standard InChI is InChI=1S/C41H34/c1-41(31-40(37-18-10-4-11-19-37)38-20-12-5-13-21-38)28-26-34(27-29-41)33-24-22-32(23-25-33)30-39(35-14-6-2-7-15-35)36-16-8-3-9-17-36/h2-28,30-31H,29H2,1H3. The van der Waals surface area contributed by atoms with Gasteiger partial charge in [0.1, 0.15) is 0 Å². The molecule has 1 aliphatic rings. The number of benzene rings is 5. The van der Waals surface area contributed by atoms with Gasteiger partial charge in [-0.3, -0.25) is 0 Å². The Morgan fingerprint density at radius 3 is 1.39 bits per heavy atom. The molecule has 5 aromatic carbocycles. The van der Waals surface area contributed by atoms with Crippen LogP contribution in [0, 0.1) is 5.41 Å². The topological polar surface area (TPSA) is 0 Å². The zero-order valence-corrected chi connectivity index (χ0v) is 23.5. The normalized spacial score (nSPS) is 16.0. The number of rotatable bonds is 7. The maximum Gasteiger partial charge on any atom is 0.00801 e. The van der Waals surface area contributed by atoms with Gasteiger partial charge in [0.25, 0.3) is 0 Å². The lowest BCUT2D eigenvalue weighted by Crippen LogP contribution is -2.12. The first-order valence-electron chi connectivity index (χ1n) is 14.3. The quantitative estimate of drug-likeness (QED) is 0.185. The van der Waals surface area contributed by atoms with Gasteiger partial charge in [-0.15, -0.1) is 0 Å². The Bertz CT molecular complexity index is 1620. The second-order valence-electron chi connectivity index (χ2n) is 10.9. The van der Waals surface area contributed by atoms with Gasteiger partial charge in [0, 0.05) is 5.41 Å². The minimum atomic E-state index is -0.0620. The van der Waals surface area contributed by atoms with Gasteiger partial charge in [0.2, 0.25) is 0 Å². The van der Waals surface area contributed by atoms with E-state index in [1.807, 2.05) is 0 Å². The summed E-state index contributed by atoms with van der Waals surface area (Å²) in [5, 5.41) is 0. The maximum absolute atomic E-state index is 2.43. The van der Waals surface area contributed by atoms with E-state index in [4.69, 9.17) is 0 Å². The first-order chi connectivity index (χ1) is 20.2. The second-order valence-corrected chi connectivity index (χ2v) is 10.9. The van der Waals surface area contributed by atoms with Gasteiger partial charge in [-0.1, -0.05) is 177 Å². The molecule has 0 fully saturated rings. The summed E-state index contributed by atoms with van der Waals surface area (Å²) < 4.78 is 0. The van der Waals surface area contributed by atoms with Crippen LogP contribution in [0.3, 0.4) is 0 Å². The molecule has 0 heteroatoms. The Morgan fingerprint density at radius 1 is 0.537 bits per heavy atom. The SMILES string of the molecule is CC1(C=C(c2ccccc2)c2ccccc2)C=CC(c2ccc(C=C(c3ccccc3)c3ccccc3)cc2)=CC1. The first kappa shape index (κ1) is 26.3. The molecule has 0 saturated heterocycles. The predicted molar refractivity (Wildman–Crippen MR) is 176 cm³/mol. The molecule has 198 valence electrons. The van der Waals surface area contributed by atoms with Crippen LogP contribution in [0.4, 0.5) is 0 Å². The Labute approximate surface area is 244 Å². The second kappa shape index (κ2) is 12.1. The molecule has 6 rings (SSSR count). The summed E-state index contributed by atoms with van der Waals surface area (Å²) in [4.78, 5) is 0. The number of hydrogen-bond acceptors (Lipinski definition) is 0. The first-order valence-corrected chi connectivity index (χ1v) is 14.3. The lowest BCUT2D eigenvalue weighted by Gasteiger charge is -2.26. The van der Waals surface area contributed by atoms with E-state index >= 15 is 0 Å². The fourth-order valence-electron chi connectivity index (χ4n) is 5.47. The van der Waals surface area contributed by atoms with Gasteiger partial charge in [-0.25, -0.2) is 0 Å². The maximum atomic E-state index is 2.43. The smallest absolute Gasteiger partial charge is 0.00801 e. The van der Waals surface area contributed by atoms with Crippen LogP contribution in [0.15, 0.2) is 170 Å². The molecule has 0 aliphatic heterocycles. The third kappa shape index (κ3) is 6.29. The third-order valence-electron chi connectivity index (χ3n) is 7.77. The van der Waals surface area contributed by atoms with Crippen LogP contribution in [-0.2, 0) is 0 Å². The molecule has 0 spiro atoms. The summed E-state index contributed by atoms with van der Waals surface area (Å²) in [5.41, 5.74) is 11.1. The molecule has 0 nitrogen and oxygen atoms in total. The van der Waals surface area contributed by atoms with E-state index in [0.29, 0.717) is 0 Å². The van der Waals surface area contributed by atoms with Crippen LogP contribution in [0.2, 0.25) is 0 Å². The summed E-state index contributed by atoms with van der Waals surface area (Å²) in [5.74, 6) is 0. The Balaban J connectivity index is 1.25. The van der Waals surface area contributed by atoms with E-state index in [1.165, 1.54) is 50.1 Å². The molecule has 1 unspecified atom stereocenters. The average Bonchev–Trinajstić information content (AvgIpc) is 3.05. The Morgan fingerprint density at radius 2 is 0.976 bits per heavy atom. The van der Waals surface area contributed by atoms with Crippen molar-refractivity contribution in [3.63, 3.8) is 0 Å². The van der Waals surface area contributed by atoms with Gasteiger partial charge < -0.3 is 0 Å². The lowest BCUT2D eigenvalue weighted by atomic mass is 9.78. The van der Waals surface area contributed by atoms with E-state index in [2.05, 4.69) is 183 Å². The minimum absolute atomic E-state index is 0.0620. The molecule has 1 aliphatic carbocycles. The fraction of sp³-hybridized carbons (Fsp3) is 0.0732. The number of hydrogen-bond donors (Lipinski definition) is 0. The van der Waals surface area contributed by atoms with Gasteiger partial charge in [0.05, 0.1) is 0 Å². The van der Waals surface area contributed by atoms with Crippen molar-refractivity contribution in [3.8, 4) is 0 Å². The zero-order chi connectivity index (χ0) is 27.9. The molecular weight excluding hydrogens is 492 g/mol. The molecule has 0 heterocycles. The third-order valence-corrected chi connectivity index (χ3v) is 7.77. The highest BCUT2D eigenvalue weighted by Gasteiger charge is 2.22. The van der Waals surface area contributed by atoms with Crippen molar-refractivity contribution < 1.29 is 0 Å². The average molecular weight is 527 g/mol. The van der Waals surface area contributed by atoms with Crippen LogP contribution in [0.1, 0.15) is 46.7 Å². The van der Waals surface area contributed by atoms with Crippen LogP contribution >= 0.6 is 0 Å². The molecule has 0 radical (unpaired) electrons. The highest BCUT2D eigenvalue weighted by molar-refractivity contribution is 5.91. The molecular formula is C41H34. The summed E-state index contributed by atoms with van der Waals surface area (Å²) in [6.07, 6.45) is 12.7. The predicted octanol–water partition coefficient (Wildman–Crippen LogP) is 10.8. The van der Waals surface area contributed by atoms with Crippen molar-refractivity contribution in [2.24, 2.45) is 5.41 Å². The Hall–Kier alpha value is -4.94. The van der Waals surface area contributed by atoms with E-state index < -0.39 is 0 Å². The van der Waals surface area contributed by atoms with Gasteiger partial charge in [-0.2, -0.15) is 0 Å². The van der Waals surface area contributed by atoms with Crippen molar-refractivity contribution >= 4 is 22.8 Å². The van der Waals surface area contributed by atoms with Crippen molar-refractivity contribution in [1.29, 1.82) is 0 Å². The monoisotopic (exact) mass is 526 g/mol. The molecule has 0 N–H and O–H groups in total.